The van der Waals surface area contributed by atoms with E-state index in [0.717, 1.165) is 16.2 Å². The van der Waals surface area contributed by atoms with Gasteiger partial charge in [0.25, 0.3) is 5.91 Å². The summed E-state index contributed by atoms with van der Waals surface area (Å²) in [5, 5.41) is 5.68. The maximum Gasteiger partial charge on any atom is 0.336 e. The zero-order valence-corrected chi connectivity index (χ0v) is 13.8. The number of fused-ring (bicyclic) bond motifs is 2. The van der Waals surface area contributed by atoms with Gasteiger partial charge in [-0.2, -0.15) is 0 Å². The number of rotatable bonds is 4. The van der Waals surface area contributed by atoms with Crippen molar-refractivity contribution in [1.82, 2.24) is 0 Å². The average molecular weight is 345 g/mol. The summed E-state index contributed by atoms with van der Waals surface area (Å²) in [6, 6.07) is 21.7. The second kappa shape index (κ2) is 6.72. The Kier molecular flexibility index (Phi) is 4.11. The average Bonchev–Trinajstić information content (AvgIpc) is 2.66. The van der Waals surface area contributed by atoms with E-state index >= 15 is 0 Å². The van der Waals surface area contributed by atoms with Crippen molar-refractivity contribution in [1.29, 1.82) is 0 Å². The number of benzene rings is 3. The first kappa shape index (κ1) is 15.9. The topological polar surface area (TPSA) is 68.5 Å². The van der Waals surface area contributed by atoms with Crippen molar-refractivity contribution in [2.75, 3.05) is 11.9 Å². The predicted octanol–water partition coefficient (Wildman–Crippen LogP) is 3.96. The molecule has 0 spiro atoms. The van der Waals surface area contributed by atoms with Crippen LogP contribution in [0.15, 0.2) is 82.0 Å². The first-order valence-corrected chi connectivity index (χ1v) is 8.13. The van der Waals surface area contributed by atoms with Crippen molar-refractivity contribution in [3.63, 3.8) is 0 Å². The van der Waals surface area contributed by atoms with Crippen molar-refractivity contribution in [3.05, 3.63) is 83.2 Å². The lowest BCUT2D eigenvalue weighted by molar-refractivity contribution is -0.118. The molecule has 0 aliphatic carbocycles. The molecule has 0 saturated heterocycles. The Morgan fingerprint density at radius 3 is 2.58 bits per heavy atom. The highest BCUT2D eigenvalue weighted by atomic mass is 16.5. The first-order valence-electron chi connectivity index (χ1n) is 8.13. The number of amides is 1. The third-order valence-corrected chi connectivity index (χ3v) is 3.99. The Morgan fingerprint density at radius 2 is 1.69 bits per heavy atom. The molecule has 0 fully saturated rings. The lowest BCUT2D eigenvalue weighted by atomic mass is 10.1. The first-order chi connectivity index (χ1) is 12.7. The summed E-state index contributed by atoms with van der Waals surface area (Å²) < 4.78 is 10.6. The fourth-order valence-electron chi connectivity index (χ4n) is 2.75. The number of carbonyl (C=O) groups is 1. The van der Waals surface area contributed by atoms with Gasteiger partial charge in [-0.1, -0.05) is 30.3 Å². The number of carbonyl (C=O) groups excluding carboxylic acids is 1. The highest BCUT2D eigenvalue weighted by Crippen LogP contribution is 2.21. The summed E-state index contributed by atoms with van der Waals surface area (Å²) in [4.78, 5) is 23.3. The van der Waals surface area contributed by atoms with Gasteiger partial charge in [-0.25, -0.2) is 4.79 Å². The number of anilines is 1. The second-order valence-electron chi connectivity index (χ2n) is 5.85. The smallest absolute Gasteiger partial charge is 0.336 e. The van der Waals surface area contributed by atoms with E-state index in [1.165, 1.54) is 6.07 Å². The molecule has 1 amide bonds. The van der Waals surface area contributed by atoms with Crippen LogP contribution in [0.2, 0.25) is 0 Å². The van der Waals surface area contributed by atoms with E-state index < -0.39 is 5.63 Å². The zero-order chi connectivity index (χ0) is 17.9. The molecule has 4 aromatic rings. The van der Waals surface area contributed by atoms with Gasteiger partial charge in [0, 0.05) is 17.1 Å². The van der Waals surface area contributed by atoms with Gasteiger partial charge in [0.05, 0.1) is 0 Å². The molecule has 26 heavy (non-hydrogen) atoms. The fraction of sp³-hybridized carbons (Fsp3) is 0.0476. The maximum absolute atomic E-state index is 12.1. The van der Waals surface area contributed by atoms with Gasteiger partial charge in [-0.05, 0) is 47.2 Å². The highest BCUT2D eigenvalue weighted by Gasteiger charge is 2.06. The molecule has 0 bridgehead atoms. The van der Waals surface area contributed by atoms with Gasteiger partial charge in [-0.3, -0.25) is 4.79 Å². The van der Waals surface area contributed by atoms with Crippen LogP contribution >= 0.6 is 0 Å². The SMILES string of the molecule is O=C(COc1ccc2ccccc2c1)Nc1ccc2oc(=O)ccc2c1. The summed E-state index contributed by atoms with van der Waals surface area (Å²) in [6.07, 6.45) is 0. The minimum atomic E-state index is -0.405. The molecule has 3 aromatic carbocycles. The van der Waals surface area contributed by atoms with Gasteiger partial charge < -0.3 is 14.5 Å². The van der Waals surface area contributed by atoms with Gasteiger partial charge in [0.1, 0.15) is 11.3 Å². The minimum Gasteiger partial charge on any atom is -0.484 e. The molecule has 1 N–H and O–H groups in total. The molecule has 5 heteroatoms. The van der Waals surface area contributed by atoms with E-state index in [1.54, 1.807) is 24.3 Å². The van der Waals surface area contributed by atoms with Crippen LogP contribution in [-0.4, -0.2) is 12.5 Å². The van der Waals surface area contributed by atoms with Crippen LogP contribution in [0.1, 0.15) is 0 Å². The Balaban J connectivity index is 1.43. The molecule has 0 atom stereocenters. The van der Waals surface area contributed by atoms with E-state index in [4.69, 9.17) is 9.15 Å². The van der Waals surface area contributed by atoms with Crippen molar-refractivity contribution in [2.24, 2.45) is 0 Å². The lowest BCUT2D eigenvalue weighted by Gasteiger charge is -2.09. The van der Waals surface area contributed by atoms with Crippen molar-refractivity contribution in [3.8, 4) is 5.75 Å². The molecular weight excluding hydrogens is 330 g/mol. The Morgan fingerprint density at radius 1 is 0.885 bits per heavy atom. The summed E-state index contributed by atoms with van der Waals surface area (Å²) in [7, 11) is 0. The standard InChI is InChI=1S/C21H15NO4/c23-20(13-25-18-8-5-14-3-1-2-4-15(14)12-18)22-17-7-9-19-16(11-17)6-10-21(24)26-19/h1-12H,13H2,(H,22,23). The lowest BCUT2D eigenvalue weighted by Crippen LogP contribution is -2.20. The Labute approximate surface area is 148 Å². The molecule has 1 aromatic heterocycles. The molecule has 0 aliphatic heterocycles. The fourth-order valence-corrected chi connectivity index (χ4v) is 2.75. The highest BCUT2D eigenvalue weighted by molar-refractivity contribution is 5.94. The Hall–Kier alpha value is -3.60. The van der Waals surface area contributed by atoms with Crippen molar-refractivity contribution in [2.45, 2.75) is 0 Å². The normalized spacial score (nSPS) is 10.8. The number of nitrogens with one attached hydrogen (secondary N) is 1. The van der Waals surface area contributed by atoms with Crippen LogP contribution in [-0.2, 0) is 4.79 Å². The largest absolute Gasteiger partial charge is 0.484 e. The maximum atomic E-state index is 12.1. The predicted molar refractivity (Wildman–Crippen MR) is 101 cm³/mol. The van der Waals surface area contributed by atoms with E-state index in [-0.39, 0.29) is 12.5 Å². The molecule has 0 saturated carbocycles. The number of hydrogen-bond donors (Lipinski definition) is 1. The Bertz CT molecular complexity index is 1160. The van der Waals surface area contributed by atoms with Crippen LogP contribution in [0.4, 0.5) is 5.69 Å². The van der Waals surface area contributed by atoms with E-state index in [1.807, 2.05) is 42.5 Å². The molecule has 0 unspecified atom stereocenters. The number of ether oxygens (including phenoxy) is 1. The van der Waals surface area contributed by atoms with Crippen LogP contribution in [0.3, 0.4) is 0 Å². The van der Waals surface area contributed by atoms with Crippen LogP contribution in [0.25, 0.3) is 21.7 Å². The third kappa shape index (κ3) is 3.42. The van der Waals surface area contributed by atoms with E-state index in [0.29, 0.717) is 17.0 Å². The van der Waals surface area contributed by atoms with Gasteiger partial charge >= 0.3 is 5.63 Å². The monoisotopic (exact) mass is 345 g/mol. The van der Waals surface area contributed by atoms with Crippen LogP contribution < -0.4 is 15.7 Å². The minimum absolute atomic E-state index is 0.0970. The van der Waals surface area contributed by atoms with Gasteiger partial charge in [0.15, 0.2) is 6.61 Å². The van der Waals surface area contributed by atoms with Crippen LogP contribution in [0, 0.1) is 0 Å². The summed E-state index contributed by atoms with van der Waals surface area (Å²) >= 11 is 0. The van der Waals surface area contributed by atoms with E-state index in [9.17, 15) is 9.59 Å². The quantitative estimate of drug-likeness (QED) is 0.568. The summed E-state index contributed by atoms with van der Waals surface area (Å²) in [5.41, 5.74) is 0.680. The molecule has 0 aliphatic rings. The zero-order valence-electron chi connectivity index (χ0n) is 13.8. The van der Waals surface area contributed by atoms with Crippen molar-refractivity contribution >= 4 is 33.3 Å². The molecule has 128 valence electrons. The molecule has 0 radical (unpaired) electrons. The third-order valence-electron chi connectivity index (χ3n) is 3.99. The second-order valence-corrected chi connectivity index (χ2v) is 5.85. The summed E-state index contributed by atoms with van der Waals surface area (Å²) in [6.45, 7) is -0.0970. The van der Waals surface area contributed by atoms with E-state index in [2.05, 4.69) is 5.32 Å². The van der Waals surface area contributed by atoms with Crippen LogP contribution in [0.5, 0.6) is 5.75 Å². The van der Waals surface area contributed by atoms with Crippen molar-refractivity contribution < 1.29 is 13.9 Å². The van der Waals surface area contributed by atoms with Gasteiger partial charge in [0.2, 0.25) is 0 Å². The molecule has 4 rings (SSSR count). The summed E-state index contributed by atoms with van der Waals surface area (Å²) in [5.74, 6) is 0.369. The molecular formula is C21H15NO4. The molecule has 1 heterocycles. The number of hydrogen-bond acceptors (Lipinski definition) is 4. The van der Waals surface area contributed by atoms with Gasteiger partial charge in [-0.15, -0.1) is 0 Å². The molecule has 5 nitrogen and oxygen atoms in total.